The van der Waals surface area contributed by atoms with E-state index in [0.29, 0.717) is 34.1 Å². The van der Waals surface area contributed by atoms with E-state index < -0.39 is 17.4 Å². The van der Waals surface area contributed by atoms with Gasteiger partial charge in [-0.3, -0.25) is 14.2 Å². The third kappa shape index (κ3) is 4.40. The van der Waals surface area contributed by atoms with E-state index in [1.807, 2.05) is 6.92 Å². The molecule has 32 heavy (non-hydrogen) atoms. The zero-order valence-corrected chi connectivity index (χ0v) is 17.9. The molecule has 0 amide bonds. The van der Waals surface area contributed by atoms with Crippen LogP contribution < -0.4 is 10.3 Å². The number of halogens is 2. The number of benzene rings is 3. The minimum absolute atomic E-state index is 0.0483. The summed E-state index contributed by atoms with van der Waals surface area (Å²) < 4.78 is 33.6. The highest BCUT2D eigenvalue weighted by atomic mass is 32.2. The standard InChI is InChI=1S/C24H18F2N2O3S/c1-2-31-17-10-8-16(9-11-17)28-23(30)18-5-3-4-6-21(18)27-24(28)32-14-22(29)15-7-12-19(25)20(26)13-15/h3-13H,2,14H2,1H3. The molecule has 3 aromatic carbocycles. The van der Waals surface area contributed by atoms with E-state index >= 15 is 0 Å². The summed E-state index contributed by atoms with van der Waals surface area (Å²) in [5, 5.41) is 0.756. The Kier molecular flexibility index (Phi) is 6.32. The maximum Gasteiger partial charge on any atom is 0.266 e. The molecule has 0 aliphatic rings. The summed E-state index contributed by atoms with van der Waals surface area (Å²) in [5.74, 6) is -1.95. The molecule has 1 aromatic heterocycles. The third-order valence-corrected chi connectivity index (χ3v) is 5.66. The Morgan fingerprint density at radius 1 is 1.03 bits per heavy atom. The predicted octanol–water partition coefficient (Wildman–Crippen LogP) is 5.04. The summed E-state index contributed by atoms with van der Waals surface area (Å²) in [7, 11) is 0. The lowest BCUT2D eigenvalue weighted by atomic mass is 10.1. The van der Waals surface area contributed by atoms with Gasteiger partial charge in [0.1, 0.15) is 5.75 Å². The number of hydrogen-bond acceptors (Lipinski definition) is 5. The number of carbonyl (C=O) groups is 1. The number of rotatable bonds is 7. The van der Waals surface area contributed by atoms with Gasteiger partial charge in [0, 0.05) is 5.56 Å². The number of para-hydroxylation sites is 1. The van der Waals surface area contributed by atoms with E-state index in [1.54, 1.807) is 48.5 Å². The number of aromatic nitrogens is 2. The van der Waals surface area contributed by atoms with Crippen molar-refractivity contribution in [3.63, 3.8) is 0 Å². The van der Waals surface area contributed by atoms with Gasteiger partial charge in [0.15, 0.2) is 22.6 Å². The van der Waals surface area contributed by atoms with Crippen LogP contribution in [0.4, 0.5) is 8.78 Å². The predicted molar refractivity (Wildman–Crippen MR) is 120 cm³/mol. The van der Waals surface area contributed by atoms with Gasteiger partial charge in [-0.05, 0) is 61.5 Å². The van der Waals surface area contributed by atoms with Crippen LogP contribution in [0.3, 0.4) is 0 Å². The molecule has 1 heterocycles. The fraction of sp³-hybridized carbons (Fsp3) is 0.125. The Morgan fingerprint density at radius 2 is 1.78 bits per heavy atom. The van der Waals surface area contributed by atoms with Crippen LogP contribution in [-0.4, -0.2) is 27.7 Å². The zero-order valence-electron chi connectivity index (χ0n) is 17.0. The van der Waals surface area contributed by atoms with Crippen molar-refractivity contribution in [1.29, 1.82) is 0 Å². The molecule has 0 saturated carbocycles. The molecule has 162 valence electrons. The Balaban J connectivity index is 1.72. The first-order chi connectivity index (χ1) is 15.5. The SMILES string of the molecule is CCOc1ccc(-n2c(SCC(=O)c3ccc(F)c(F)c3)nc3ccccc3c2=O)cc1. The summed E-state index contributed by atoms with van der Waals surface area (Å²) in [6.45, 7) is 2.40. The van der Waals surface area contributed by atoms with Crippen molar-refractivity contribution in [3.05, 3.63) is 94.3 Å². The molecule has 5 nitrogen and oxygen atoms in total. The van der Waals surface area contributed by atoms with Gasteiger partial charge in [-0.25, -0.2) is 13.8 Å². The molecular formula is C24H18F2N2O3S. The van der Waals surface area contributed by atoms with Crippen LogP contribution in [0, 0.1) is 11.6 Å². The second-order valence-corrected chi connectivity index (χ2v) is 7.76. The summed E-state index contributed by atoms with van der Waals surface area (Å²) in [5.41, 5.74) is 0.844. The number of carbonyl (C=O) groups excluding carboxylic acids is 1. The maximum absolute atomic E-state index is 13.5. The molecule has 8 heteroatoms. The number of thioether (sulfide) groups is 1. The largest absolute Gasteiger partial charge is 0.494 e. The van der Waals surface area contributed by atoms with Gasteiger partial charge in [0.25, 0.3) is 5.56 Å². The van der Waals surface area contributed by atoms with E-state index in [-0.39, 0.29) is 16.9 Å². The summed E-state index contributed by atoms with van der Waals surface area (Å²) >= 11 is 1.05. The van der Waals surface area contributed by atoms with Crippen LogP contribution in [0.15, 0.2) is 76.7 Å². The van der Waals surface area contributed by atoms with Gasteiger partial charge < -0.3 is 4.74 Å². The second kappa shape index (κ2) is 9.32. The van der Waals surface area contributed by atoms with E-state index in [9.17, 15) is 18.4 Å². The highest BCUT2D eigenvalue weighted by Crippen LogP contribution is 2.24. The van der Waals surface area contributed by atoms with Crippen LogP contribution >= 0.6 is 11.8 Å². The average Bonchev–Trinajstić information content (AvgIpc) is 2.80. The number of nitrogens with zero attached hydrogens (tertiary/aromatic N) is 2. The fourth-order valence-electron chi connectivity index (χ4n) is 3.18. The van der Waals surface area contributed by atoms with E-state index in [4.69, 9.17) is 4.74 Å². The minimum Gasteiger partial charge on any atom is -0.494 e. The van der Waals surface area contributed by atoms with E-state index in [2.05, 4.69) is 4.98 Å². The summed E-state index contributed by atoms with van der Waals surface area (Å²) in [6.07, 6.45) is 0. The number of ether oxygens (including phenoxy) is 1. The molecule has 0 aliphatic carbocycles. The quantitative estimate of drug-likeness (QED) is 0.223. The number of hydrogen-bond donors (Lipinski definition) is 0. The molecule has 0 spiro atoms. The third-order valence-electron chi connectivity index (χ3n) is 4.72. The van der Waals surface area contributed by atoms with Gasteiger partial charge in [0.2, 0.25) is 0 Å². The smallest absolute Gasteiger partial charge is 0.266 e. The highest BCUT2D eigenvalue weighted by molar-refractivity contribution is 7.99. The molecule has 0 radical (unpaired) electrons. The molecule has 0 atom stereocenters. The van der Waals surface area contributed by atoms with Crippen LogP contribution in [0.2, 0.25) is 0 Å². The molecule has 4 rings (SSSR count). The van der Waals surface area contributed by atoms with Gasteiger partial charge in [-0.2, -0.15) is 0 Å². The topological polar surface area (TPSA) is 61.2 Å². The Hall–Kier alpha value is -3.52. The zero-order chi connectivity index (χ0) is 22.7. The lowest BCUT2D eigenvalue weighted by Crippen LogP contribution is -2.22. The van der Waals surface area contributed by atoms with Crippen molar-refractivity contribution >= 4 is 28.4 Å². The lowest BCUT2D eigenvalue weighted by molar-refractivity contribution is 0.102. The van der Waals surface area contributed by atoms with Crippen molar-refractivity contribution in [3.8, 4) is 11.4 Å². The van der Waals surface area contributed by atoms with Crippen molar-refractivity contribution in [1.82, 2.24) is 9.55 Å². The Morgan fingerprint density at radius 3 is 2.50 bits per heavy atom. The van der Waals surface area contributed by atoms with Crippen molar-refractivity contribution in [2.75, 3.05) is 12.4 Å². The average molecular weight is 452 g/mol. The molecule has 0 N–H and O–H groups in total. The highest BCUT2D eigenvalue weighted by Gasteiger charge is 2.16. The molecule has 4 aromatic rings. The Bertz CT molecular complexity index is 1350. The molecule has 0 saturated heterocycles. The lowest BCUT2D eigenvalue weighted by Gasteiger charge is -2.13. The van der Waals surface area contributed by atoms with Crippen LogP contribution in [0.25, 0.3) is 16.6 Å². The number of Topliss-reactive ketones (excluding diaryl/α,β-unsaturated/α-hetero) is 1. The maximum atomic E-state index is 13.5. The monoisotopic (exact) mass is 452 g/mol. The van der Waals surface area contributed by atoms with Crippen molar-refractivity contribution in [2.45, 2.75) is 12.1 Å². The van der Waals surface area contributed by atoms with Gasteiger partial charge >= 0.3 is 0 Å². The fourth-order valence-corrected chi connectivity index (χ4v) is 4.09. The normalized spacial score (nSPS) is 11.0. The van der Waals surface area contributed by atoms with Gasteiger partial charge in [-0.15, -0.1) is 0 Å². The minimum atomic E-state index is -1.09. The number of ketones is 1. The van der Waals surface area contributed by atoms with E-state index in [1.165, 1.54) is 10.6 Å². The van der Waals surface area contributed by atoms with Gasteiger partial charge in [-0.1, -0.05) is 23.9 Å². The number of fused-ring (bicyclic) bond motifs is 1. The molecule has 0 aliphatic heterocycles. The van der Waals surface area contributed by atoms with Crippen molar-refractivity contribution in [2.24, 2.45) is 0 Å². The van der Waals surface area contributed by atoms with Crippen LogP contribution in [0.5, 0.6) is 5.75 Å². The van der Waals surface area contributed by atoms with Crippen LogP contribution in [-0.2, 0) is 0 Å². The molecule has 0 fully saturated rings. The first-order valence-corrected chi connectivity index (χ1v) is 10.8. The molecule has 0 bridgehead atoms. The first kappa shape index (κ1) is 21.7. The Labute approximate surface area is 186 Å². The second-order valence-electron chi connectivity index (χ2n) is 6.82. The van der Waals surface area contributed by atoms with E-state index in [0.717, 1.165) is 23.9 Å². The molecular weight excluding hydrogens is 434 g/mol. The first-order valence-electron chi connectivity index (χ1n) is 9.84. The molecule has 0 unspecified atom stereocenters. The van der Waals surface area contributed by atoms with Crippen molar-refractivity contribution < 1.29 is 18.3 Å². The van der Waals surface area contributed by atoms with Crippen LogP contribution in [0.1, 0.15) is 17.3 Å². The summed E-state index contributed by atoms with van der Waals surface area (Å²) in [6, 6.07) is 16.9. The van der Waals surface area contributed by atoms with Gasteiger partial charge in [0.05, 0.1) is 29.0 Å². The summed E-state index contributed by atoms with van der Waals surface area (Å²) in [4.78, 5) is 30.4.